The summed E-state index contributed by atoms with van der Waals surface area (Å²) < 4.78 is 5.37. The first-order valence-corrected chi connectivity index (χ1v) is 10.4. The number of carbonyl (C=O) groups is 2. The number of ether oxygens (including phenoxy) is 1. The molecule has 0 aliphatic heterocycles. The first kappa shape index (κ1) is 19.4. The van der Waals surface area contributed by atoms with Gasteiger partial charge in [0.2, 0.25) is 0 Å². The van der Waals surface area contributed by atoms with Crippen LogP contribution in [0.5, 0.6) is 0 Å². The van der Waals surface area contributed by atoms with Gasteiger partial charge in [-0.25, -0.2) is 4.79 Å². The van der Waals surface area contributed by atoms with Crippen LogP contribution in [0.15, 0.2) is 48.5 Å². The van der Waals surface area contributed by atoms with Crippen LogP contribution in [0.2, 0.25) is 0 Å². The number of nitrogens with one attached hydrogen (secondary N) is 1. The van der Waals surface area contributed by atoms with Crippen molar-refractivity contribution in [2.24, 2.45) is 5.92 Å². The molecule has 2 aliphatic rings. The molecule has 0 bridgehead atoms. The summed E-state index contributed by atoms with van der Waals surface area (Å²) in [6.45, 7) is 4.08. The van der Waals surface area contributed by atoms with E-state index >= 15 is 0 Å². The van der Waals surface area contributed by atoms with Crippen molar-refractivity contribution in [2.75, 3.05) is 6.61 Å². The van der Waals surface area contributed by atoms with Crippen LogP contribution < -0.4 is 5.32 Å². The molecule has 1 N–H and O–H groups in total. The van der Waals surface area contributed by atoms with E-state index in [0.717, 1.165) is 22.3 Å². The summed E-state index contributed by atoms with van der Waals surface area (Å²) in [6.07, 6.45) is 7.58. The number of benzene rings is 2. The zero-order valence-electron chi connectivity index (χ0n) is 17.0. The maximum atomic E-state index is 13.3. The normalized spacial score (nSPS) is 17.2. The molecule has 0 aromatic heterocycles. The molecule has 1 saturated carbocycles. The summed E-state index contributed by atoms with van der Waals surface area (Å²) in [5.41, 5.74) is 3.68. The zero-order valence-corrected chi connectivity index (χ0v) is 17.0. The van der Waals surface area contributed by atoms with Crippen molar-refractivity contribution >= 4 is 18.0 Å². The lowest BCUT2D eigenvalue weighted by atomic mass is 9.93. The summed E-state index contributed by atoms with van der Waals surface area (Å²) in [5.74, 6) is 0.0259. The highest BCUT2D eigenvalue weighted by molar-refractivity contribution is 6.01. The Kier molecular flexibility index (Phi) is 5.27. The molecule has 29 heavy (non-hydrogen) atoms. The monoisotopic (exact) mass is 389 g/mol. The lowest BCUT2D eigenvalue weighted by Gasteiger charge is -2.28. The maximum Gasteiger partial charge on any atom is 0.332 e. The van der Waals surface area contributed by atoms with E-state index in [0.29, 0.717) is 24.3 Å². The predicted octanol–water partition coefficient (Wildman–Crippen LogP) is 4.25. The average molecular weight is 389 g/mol. The molecule has 4 nitrogen and oxygen atoms in total. The largest absolute Gasteiger partial charge is 0.464 e. The minimum atomic E-state index is -1.06. The van der Waals surface area contributed by atoms with Gasteiger partial charge < -0.3 is 10.1 Å². The third-order valence-corrected chi connectivity index (χ3v) is 5.85. The number of rotatable bonds is 6. The van der Waals surface area contributed by atoms with Crippen LogP contribution in [0.3, 0.4) is 0 Å². The van der Waals surface area contributed by atoms with Crippen LogP contribution in [-0.4, -0.2) is 24.0 Å². The number of aryl methyl sites for hydroxylation is 1. The molecule has 1 fully saturated rings. The smallest absolute Gasteiger partial charge is 0.332 e. The summed E-state index contributed by atoms with van der Waals surface area (Å²) in [7, 11) is 0. The molecule has 0 saturated heterocycles. The fraction of sp³-hybridized carbons (Fsp3) is 0.360. The third kappa shape index (κ3) is 3.98. The highest BCUT2D eigenvalue weighted by Crippen LogP contribution is 2.33. The standard InChI is InChI=1S/C25H27NO3/c1-3-29-24(28)25(15-19-8-4-5-9-20(19)16-25)26-23(27)22-10-6-7-17(2)21(22)14-13-18-11-12-18/h4-10,13-14,18H,3,11-12,15-16H2,1-2H3,(H,26,27). The van der Waals surface area contributed by atoms with E-state index in [4.69, 9.17) is 4.74 Å². The number of hydrogen-bond acceptors (Lipinski definition) is 3. The summed E-state index contributed by atoms with van der Waals surface area (Å²) in [4.78, 5) is 26.3. The number of hydrogen-bond donors (Lipinski definition) is 1. The lowest BCUT2D eigenvalue weighted by molar-refractivity contribution is -0.150. The second-order valence-corrected chi connectivity index (χ2v) is 8.11. The molecule has 0 spiro atoms. The molecule has 0 radical (unpaired) electrons. The fourth-order valence-corrected chi connectivity index (χ4v) is 4.07. The van der Waals surface area contributed by atoms with Gasteiger partial charge in [-0.3, -0.25) is 4.79 Å². The van der Waals surface area contributed by atoms with Crippen molar-refractivity contribution in [1.82, 2.24) is 5.32 Å². The van der Waals surface area contributed by atoms with Gasteiger partial charge in [0.1, 0.15) is 5.54 Å². The molecule has 2 aliphatic carbocycles. The van der Waals surface area contributed by atoms with Crippen LogP contribution in [0, 0.1) is 12.8 Å². The van der Waals surface area contributed by atoms with Gasteiger partial charge in [-0.1, -0.05) is 48.6 Å². The van der Waals surface area contributed by atoms with E-state index < -0.39 is 5.54 Å². The third-order valence-electron chi connectivity index (χ3n) is 5.85. The van der Waals surface area contributed by atoms with Gasteiger partial charge in [0, 0.05) is 18.4 Å². The molecule has 0 heterocycles. The van der Waals surface area contributed by atoms with Gasteiger partial charge in [0.25, 0.3) is 5.91 Å². The molecule has 2 aromatic carbocycles. The Morgan fingerprint density at radius 2 is 1.79 bits per heavy atom. The predicted molar refractivity (Wildman–Crippen MR) is 114 cm³/mol. The molecule has 0 atom stereocenters. The molecule has 150 valence electrons. The number of fused-ring (bicyclic) bond motifs is 1. The first-order chi connectivity index (χ1) is 14.0. The summed E-state index contributed by atoms with van der Waals surface area (Å²) in [5, 5.41) is 3.06. The zero-order chi connectivity index (χ0) is 20.4. The van der Waals surface area contributed by atoms with E-state index in [1.54, 1.807) is 6.92 Å². The van der Waals surface area contributed by atoms with Crippen molar-refractivity contribution in [3.63, 3.8) is 0 Å². The molecular formula is C25H27NO3. The van der Waals surface area contributed by atoms with Gasteiger partial charge in [-0.05, 0) is 60.9 Å². The minimum absolute atomic E-state index is 0.231. The van der Waals surface area contributed by atoms with Crippen LogP contribution >= 0.6 is 0 Å². The van der Waals surface area contributed by atoms with E-state index in [1.807, 2.05) is 49.4 Å². The minimum Gasteiger partial charge on any atom is -0.464 e. The van der Waals surface area contributed by atoms with Crippen molar-refractivity contribution in [3.8, 4) is 0 Å². The Balaban J connectivity index is 1.65. The highest BCUT2D eigenvalue weighted by atomic mass is 16.5. The van der Waals surface area contributed by atoms with Gasteiger partial charge in [0.05, 0.1) is 6.61 Å². The average Bonchev–Trinajstić information content (AvgIpc) is 3.45. The van der Waals surface area contributed by atoms with Crippen molar-refractivity contribution < 1.29 is 14.3 Å². The molecule has 0 unspecified atom stereocenters. The first-order valence-electron chi connectivity index (χ1n) is 10.4. The Hall–Kier alpha value is -2.88. The van der Waals surface area contributed by atoms with E-state index in [-0.39, 0.29) is 18.5 Å². The van der Waals surface area contributed by atoms with Crippen LogP contribution in [0.1, 0.15) is 52.4 Å². The second-order valence-electron chi connectivity index (χ2n) is 8.11. The SMILES string of the molecule is CCOC(=O)C1(NC(=O)c2cccc(C)c2C=CC2CC2)Cc2ccccc2C1. The Bertz CT molecular complexity index is 947. The number of esters is 1. The lowest BCUT2D eigenvalue weighted by Crippen LogP contribution is -2.56. The van der Waals surface area contributed by atoms with Crippen molar-refractivity contribution in [3.05, 3.63) is 76.4 Å². The van der Waals surface area contributed by atoms with E-state index in [9.17, 15) is 9.59 Å². The molecule has 4 heteroatoms. The van der Waals surface area contributed by atoms with Crippen molar-refractivity contribution in [1.29, 1.82) is 0 Å². The van der Waals surface area contributed by atoms with Gasteiger partial charge in [-0.15, -0.1) is 0 Å². The van der Waals surface area contributed by atoms with Gasteiger partial charge in [-0.2, -0.15) is 0 Å². The van der Waals surface area contributed by atoms with Gasteiger partial charge >= 0.3 is 5.97 Å². The van der Waals surface area contributed by atoms with E-state index in [2.05, 4.69) is 17.5 Å². The topological polar surface area (TPSA) is 55.4 Å². The molecule has 1 amide bonds. The Morgan fingerprint density at radius 1 is 1.10 bits per heavy atom. The Morgan fingerprint density at radius 3 is 2.41 bits per heavy atom. The molecule has 2 aromatic rings. The van der Waals surface area contributed by atoms with Gasteiger partial charge in [0.15, 0.2) is 0 Å². The summed E-state index contributed by atoms with van der Waals surface area (Å²) >= 11 is 0. The quantitative estimate of drug-likeness (QED) is 0.752. The van der Waals surface area contributed by atoms with Crippen LogP contribution in [0.4, 0.5) is 0 Å². The number of allylic oxidation sites excluding steroid dienone is 1. The van der Waals surface area contributed by atoms with Crippen molar-refractivity contribution in [2.45, 2.75) is 45.1 Å². The van der Waals surface area contributed by atoms with E-state index in [1.165, 1.54) is 12.8 Å². The van der Waals surface area contributed by atoms with Crippen LogP contribution in [0.25, 0.3) is 6.08 Å². The number of carbonyl (C=O) groups excluding carboxylic acids is 2. The van der Waals surface area contributed by atoms with Crippen LogP contribution in [-0.2, 0) is 22.4 Å². The maximum absolute atomic E-state index is 13.3. The summed E-state index contributed by atoms with van der Waals surface area (Å²) in [6, 6.07) is 13.7. The fourth-order valence-electron chi connectivity index (χ4n) is 4.07. The highest BCUT2D eigenvalue weighted by Gasteiger charge is 2.46. The Labute approximate surface area is 172 Å². The second kappa shape index (κ2) is 7.86. The number of amides is 1. The molecular weight excluding hydrogens is 362 g/mol. The molecule has 4 rings (SSSR count).